The molecule has 2 saturated heterocycles. The number of carbonyl (C=O) groups excluding carboxylic acids is 1. The molecule has 2 rings (SSSR count). The van der Waals surface area contributed by atoms with E-state index in [0.717, 1.165) is 32.1 Å². The first kappa shape index (κ1) is 12.8. The highest BCUT2D eigenvalue weighted by atomic mass is 16.5. The molecule has 2 aliphatic rings. The summed E-state index contributed by atoms with van der Waals surface area (Å²) in [7, 11) is 0. The van der Waals surface area contributed by atoms with Gasteiger partial charge in [0.05, 0.1) is 13.2 Å². The fraction of sp³-hybridized carbons (Fsp3) is 0.923. The molecular weight excluding hydrogens is 216 g/mol. The molecule has 1 atom stereocenters. The standard InChI is InChI=1S/C13H24N2O2/c1-12-3-2-5-14(11-12)6-4-13(16)15-7-9-17-10-8-15/h12H,2-11H2,1H3. The second-order valence-electron chi connectivity index (χ2n) is 5.29. The third kappa shape index (κ3) is 3.96. The van der Waals surface area contributed by atoms with E-state index in [4.69, 9.17) is 4.74 Å². The summed E-state index contributed by atoms with van der Waals surface area (Å²) in [6, 6.07) is 0. The van der Waals surface area contributed by atoms with Gasteiger partial charge < -0.3 is 14.5 Å². The lowest BCUT2D eigenvalue weighted by atomic mass is 10.0. The quantitative estimate of drug-likeness (QED) is 0.737. The molecule has 4 nitrogen and oxygen atoms in total. The first-order valence-corrected chi connectivity index (χ1v) is 6.83. The summed E-state index contributed by atoms with van der Waals surface area (Å²) < 4.78 is 5.25. The molecule has 1 unspecified atom stereocenters. The van der Waals surface area contributed by atoms with Crippen LogP contribution in [0, 0.1) is 5.92 Å². The number of piperidine rings is 1. The Kier molecular flexibility index (Phi) is 4.80. The van der Waals surface area contributed by atoms with Crippen molar-refractivity contribution < 1.29 is 9.53 Å². The van der Waals surface area contributed by atoms with Crippen LogP contribution in [0.2, 0.25) is 0 Å². The Balaban J connectivity index is 1.68. The Morgan fingerprint density at radius 1 is 1.29 bits per heavy atom. The molecule has 0 bridgehead atoms. The number of amides is 1. The van der Waals surface area contributed by atoms with Gasteiger partial charge in [-0.05, 0) is 25.3 Å². The van der Waals surface area contributed by atoms with Crippen LogP contribution in [0.4, 0.5) is 0 Å². The highest BCUT2D eigenvalue weighted by Gasteiger charge is 2.20. The van der Waals surface area contributed by atoms with Crippen LogP contribution >= 0.6 is 0 Å². The average molecular weight is 240 g/mol. The first-order valence-electron chi connectivity index (χ1n) is 6.83. The van der Waals surface area contributed by atoms with Crippen LogP contribution in [-0.2, 0) is 9.53 Å². The summed E-state index contributed by atoms with van der Waals surface area (Å²) in [5.41, 5.74) is 0. The molecule has 2 heterocycles. The van der Waals surface area contributed by atoms with E-state index in [9.17, 15) is 4.79 Å². The molecule has 0 spiro atoms. The van der Waals surface area contributed by atoms with E-state index in [0.29, 0.717) is 25.5 Å². The molecule has 98 valence electrons. The molecular formula is C13H24N2O2. The zero-order valence-electron chi connectivity index (χ0n) is 10.9. The van der Waals surface area contributed by atoms with Crippen LogP contribution in [-0.4, -0.2) is 61.6 Å². The van der Waals surface area contributed by atoms with Gasteiger partial charge in [0.15, 0.2) is 0 Å². The van der Waals surface area contributed by atoms with Crippen molar-refractivity contribution in [3.63, 3.8) is 0 Å². The number of hydrogen-bond donors (Lipinski definition) is 0. The molecule has 0 aliphatic carbocycles. The molecule has 0 N–H and O–H groups in total. The van der Waals surface area contributed by atoms with E-state index in [1.165, 1.54) is 19.4 Å². The summed E-state index contributed by atoms with van der Waals surface area (Å²) in [4.78, 5) is 16.3. The van der Waals surface area contributed by atoms with E-state index in [1.807, 2.05) is 4.90 Å². The summed E-state index contributed by atoms with van der Waals surface area (Å²) in [6.45, 7) is 8.51. The van der Waals surface area contributed by atoms with Gasteiger partial charge in [0.1, 0.15) is 0 Å². The highest BCUT2D eigenvalue weighted by Crippen LogP contribution is 2.15. The smallest absolute Gasteiger partial charge is 0.224 e. The lowest BCUT2D eigenvalue weighted by Gasteiger charge is -2.32. The predicted octanol–water partition coefficient (Wildman–Crippen LogP) is 0.967. The van der Waals surface area contributed by atoms with Gasteiger partial charge in [-0.2, -0.15) is 0 Å². The number of morpholine rings is 1. The summed E-state index contributed by atoms with van der Waals surface area (Å²) in [5, 5.41) is 0. The average Bonchev–Trinajstić information content (AvgIpc) is 2.37. The van der Waals surface area contributed by atoms with Gasteiger partial charge in [-0.1, -0.05) is 6.92 Å². The van der Waals surface area contributed by atoms with Crippen LogP contribution in [0.3, 0.4) is 0 Å². The van der Waals surface area contributed by atoms with Gasteiger partial charge in [0.2, 0.25) is 5.91 Å². The van der Waals surface area contributed by atoms with Crippen LogP contribution < -0.4 is 0 Å². The minimum Gasteiger partial charge on any atom is -0.378 e. The lowest BCUT2D eigenvalue weighted by molar-refractivity contribution is -0.135. The van der Waals surface area contributed by atoms with Gasteiger partial charge in [-0.25, -0.2) is 0 Å². The lowest BCUT2D eigenvalue weighted by Crippen LogP contribution is -2.43. The van der Waals surface area contributed by atoms with Crippen molar-refractivity contribution in [1.29, 1.82) is 0 Å². The number of ether oxygens (including phenoxy) is 1. The van der Waals surface area contributed by atoms with E-state index >= 15 is 0 Å². The predicted molar refractivity (Wildman–Crippen MR) is 66.9 cm³/mol. The van der Waals surface area contributed by atoms with E-state index in [-0.39, 0.29) is 0 Å². The maximum Gasteiger partial charge on any atom is 0.224 e. The van der Waals surface area contributed by atoms with Crippen molar-refractivity contribution in [3.05, 3.63) is 0 Å². The normalized spacial score (nSPS) is 27.1. The van der Waals surface area contributed by atoms with E-state index in [2.05, 4.69) is 11.8 Å². The molecule has 1 amide bonds. The molecule has 4 heteroatoms. The first-order chi connectivity index (χ1) is 8.25. The van der Waals surface area contributed by atoms with Crippen LogP contribution in [0.5, 0.6) is 0 Å². The SMILES string of the molecule is CC1CCCN(CCC(=O)N2CCOCC2)C1. The molecule has 0 aromatic carbocycles. The zero-order valence-corrected chi connectivity index (χ0v) is 10.9. The zero-order chi connectivity index (χ0) is 12.1. The Morgan fingerprint density at radius 2 is 2.06 bits per heavy atom. The number of likely N-dealkylation sites (tertiary alicyclic amines) is 1. The monoisotopic (exact) mass is 240 g/mol. The molecule has 0 aromatic heterocycles. The maximum atomic E-state index is 12.0. The fourth-order valence-electron chi connectivity index (χ4n) is 2.71. The molecule has 2 fully saturated rings. The van der Waals surface area contributed by atoms with Crippen molar-refractivity contribution in [2.24, 2.45) is 5.92 Å². The number of carbonyl (C=O) groups is 1. The summed E-state index contributed by atoms with van der Waals surface area (Å²) in [6.07, 6.45) is 3.30. The Hall–Kier alpha value is -0.610. The van der Waals surface area contributed by atoms with Crippen molar-refractivity contribution in [2.75, 3.05) is 45.9 Å². The minimum atomic E-state index is 0.298. The van der Waals surface area contributed by atoms with E-state index < -0.39 is 0 Å². The molecule has 2 aliphatic heterocycles. The third-order valence-electron chi connectivity index (χ3n) is 3.75. The minimum absolute atomic E-state index is 0.298. The van der Waals surface area contributed by atoms with Crippen LogP contribution in [0.25, 0.3) is 0 Å². The fourth-order valence-corrected chi connectivity index (χ4v) is 2.71. The maximum absolute atomic E-state index is 12.0. The number of nitrogens with zero attached hydrogens (tertiary/aromatic N) is 2. The van der Waals surface area contributed by atoms with Gasteiger partial charge in [-0.3, -0.25) is 4.79 Å². The van der Waals surface area contributed by atoms with Gasteiger partial charge in [0, 0.05) is 32.6 Å². The Morgan fingerprint density at radius 3 is 2.76 bits per heavy atom. The summed E-state index contributed by atoms with van der Waals surface area (Å²) in [5.74, 6) is 1.09. The second kappa shape index (κ2) is 6.36. The number of rotatable bonds is 3. The topological polar surface area (TPSA) is 32.8 Å². The summed E-state index contributed by atoms with van der Waals surface area (Å²) >= 11 is 0. The third-order valence-corrected chi connectivity index (χ3v) is 3.75. The van der Waals surface area contributed by atoms with Gasteiger partial charge in [0.25, 0.3) is 0 Å². The molecule has 17 heavy (non-hydrogen) atoms. The van der Waals surface area contributed by atoms with Gasteiger partial charge in [-0.15, -0.1) is 0 Å². The Labute approximate surface area is 104 Å². The van der Waals surface area contributed by atoms with Crippen molar-refractivity contribution in [2.45, 2.75) is 26.2 Å². The molecule has 0 radical (unpaired) electrons. The molecule has 0 aromatic rings. The van der Waals surface area contributed by atoms with E-state index in [1.54, 1.807) is 0 Å². The largest absolute Gasteiger partial charge is 0.378 e. The Bertz CT molecular complexity index is 252. The second-order valence-corrected chi connectivity index (χ2v) is 5.29. The molecule has 0 saturated carbocycles. The number of hydrogen-bond acceptors (Lipinski definition) is 3. The van der Waals surface area contributed by atoms with Gasteiger partial charge >= 0.3 is 0 Å². The van der Waals surface area contributed by atoms with Crippen LogP contribution in [0.1, 0.15) is 26.2 Å². The highest BCUT2D eigenvalue weighted by molar-refractivity contribution is 5.76. The van der Waals surface area contributed by atoms with Crippen molar-refractivity contribution in [3.8, 4) is 0 Å². The van der Waals surface area contributed by atoms with Crippen LogP contribution in [0.15, 0.2) is 0 Å². The van der Waals surface area contributed by atoms with Crippen molar-refractivity contribution in [1.82, 2.24) is 9.80 Å². The van der Waals surface area contributed by atoms with Crippen molar-refractivity contribution >= 4 is 5.91 Å².